The van der Waals surface area contributed by atoms with Crippen LogP contribution in [0.3, 0.4) is 0 Å². The lowest BCUT2D eigenvalue weighted by atomic mass is 9.95. The van der Waals surface area contributed by atoms with E-state index >= 15 is 0 Å². The Kier molecular flexibility index (Phi) is 2.25. The molecule has 0 fully saturated rings. The summed E-state index contributed by atoms with van der Waals surface area (Å²) in [6, 6.07) is 0.118. The van der Waals surface area contributed by atoms with Gasteiger partial charge in [0.1, 0.15) is 0 Å². The van der Waals surface area contributed by atoms with Crippen molar-refractivity contribution in [2.24, 2.45) is 5.73 Å². The Hall–Kier alpha value is -0.600. The summed E-state index contributed by atoms with van der Waals surface area (Å²) in [7, 11) is 0. The van der Waals surface area contributed by atoms with Crippen molar-refractivity contribution in [1.82, 2.24) is 0 Å². The van der Waals surface area contributed by atoms with Crippen LogP contribution in [0.2, 0.25) is 0 Å². The summed E-state index contributed by atoms with van der Waals surface area (Å²) in [6.07, 6.45) is 4.72. The molecule has 0 aromatic carbocycles. The molecular weight excluding hydrogens is 126 g/mol. The van der Waals surface area contributed by atoms with E-state index in [0.717, 1.165) is 12.0 Å². The molecular formula is C8H13NO. The summed E-state index contributed by atoms with van der Waals surface area (Å²) in [6.45, 7) is 2.15. The van der Waals surface area contributed by atoms with Crippen molar-refractivity contribution >= 4 is 0 Å². The molecule has 0 radical (unpaired) electrons. The molecule has 2 heteroatoms. The Morgan fingerprint density at radius 1 is 1.70 bits per heavy atom. The van der Waals surface area contributed by atoms with Crippen molar-refractivity contribution in [3.05, 3.63) is 23.3 Å². The van der Waals surface area contributed by atoms with Gasteiger partial charge in [-0.2, -0.15) is 0 Å². The third-order valence-electron chi connectivity index (χ3n) is 1.85. The van der Waals surface area contributed by atoms with E-state index in [-0.39, 0.29) is 12.6 Å². The van der Waals surface area contributed by atoms with E-state index in [1.54, 1.807) is 0 Å². The molecule has 0 saturated heterocycles. The minimum Gasteiger partial charge on any atom is -0.392 e. The molecule has 10 heavy (non-hydrogen) atoms. The van der Waals surface area contributed by atoms with Crippen LogP contribution in [0.25, 0.3) is 0 Å². The summed E-state index contributed by atoms with van der Waals surface area (Å²) in [5.74, 6) is 0. The number of hydrogen-bond donors (Lipinski definition) is 2. The van der Waals surface area contributed by atoms with Gasteiger partial charge in [-0.25, -0.2) is 0 Å². The van der Waals surface area contributed by atoms with E-state index in [9.17, 15) is 0 Å². The minimum atomic E-state index is 0.118. The van der Waals surface area contributed by atoms with E-state index in [1.165, 1.54) is 5.57 Å². The largest absolute Gasteiger partial charge is 0.392 e. The number of aliphatic hydroxyl groups is 1. The van der Waals surface area contributed by atoms with Crippen LogP contribution in [0.5, 0.6) is 0 Å². The summed E-state index contributed by atoms with van der Waals surface area (Å²) in [4.78, 5) is 0. The highest BCUT2D eigenvalue weighted by atomic mass is 16.3. The monoisotopic (exact) mass is 139 g/mol. The molecule has 0 bridgehead atoms. The molecule has 0 aliphatic heterocycles. The number of aliphatic hydroxyl groups excluding tert-OH is 1. The predicted octanol–water partition coefficient (Wildman–Crippen LogP) is 0.582. The van der Waals surface area contributed by atoms with Crippen molar-refractivity contribution < 1.29 is 5.11 Å². The fourth-order valence-corrected chi connectivity index (χ4v) is 1.00. The predicted molar refractivity (Wildman–Crippen MR) is 41.5 cm³/mol. The number of hydrogen-bond acceptors (Lipinski definition) is 2. The third-order valence-corrected chi connectivity index (χ3v) is 1.85. The Labute approximate surface area is 61.0 Å². The molecule has 0 spiro atoms. The lowest BCUT2D eigenvalue weighted by molar-refractivity contribution is 0.324. The second-order valence-corrected chi connectivity index (χ2v) is 2.70. The molecule has 56 valence electrons. The van der Waals surface area contributed by atoms with Gasteiger partial charge in [-0.3, -0.25) is 0 Å². The molecule has 1 atom stereocenters. The second-order valence-electron chi connectivity index (χ2n) is 2.70. The highest BCUT2D eigenvalue weighted by Gasteiger charge is 2.10. The van der Waals surface area contributed by atoms with Gasteiger partial charge in [0.25, 0.3) is 0 Å². The molecule has 1 aliphatic carbocycles. The Balaban J connectivity index is 2.68. The van der Waals surface area contributed by atoms with Gasteiger partial charge in [-0.1, -0.05) is 17.7 Å². The van der Waals surface area contributed by atoms with Crippen molar-refractivity contribution in [3.63, 3.8) is 0 Å². The van der Waals surface area contributed by atoms with Crippen LogP contribution in [0.4, 0.5) is 0 Å². The average molecular weight is 139 g/mol. The van der Waals surface area contributed by atoms with Gasteiger partial charge < -0.3 is 10.8 Å². The molecule has 1 unspecified atom stereocenters. The third kappa shape index (κ3) is 1.46. The van der Waals surface area contributed by atoms with Gasteiger partial charge in [0.05, 0.1) is 6.61 Å². The zero-order chi connectivity index (χ0) is 7.56. The summed E-state index contributed by atoms with van der Waals surface area (Å²) in [5, 5.41) is 8.74. The highest BCUT2D eigenvalue weighted by molar-refractivity contribution is 5.27. The van der Waals surface area contributed by atoms with Gasteiger partial charge >= 0.3 is 0 Å². The van der Waals surface area contributed by atoms with Crippen molar-refractivity contribution in [3.8, 4) is 0 Å². The summed E-state index contributed by atoms with van der Waals surface area (Å²) < 4.78 is 0. The van der Waals surface area contributed by atoms with E-state index in [4.69, 9.17) is 10.8 Å². The molecule has 2 nitrogen and oxygen atoms in total. The van der Waals surface area contributed by atoms with E-state index < -0.39 is 0 Å². The molecule has 1 aliphatic rings. The number of rotatable bonds is 1. The number of nitrogens with two attached hydrogens (primary N) is 1. The van der Waals surface area contributed by atoms with Crippen molar-refractivity contribution in [1.29, 1.82) is 0 Å². The van der Waals surface area contributed by atoms with Crippen LogP contribution in [0.15, 0.2) is 23.3 Å². The molecule has 3 N–H and O–H groups in total. The fraction of sp³-hybridized carbons (Fsp3) is 0.500. The lowest BCUT2D eigenvalue weighted by Gasteiger charge is -2.17. The van der Waals surface area contributed by atoms with Gasteiger partial charge in [0, 0.05) is 6.04 Å². The maximum absolute atomic E-state index is 8.74. The van der Waals surface area contributed by atoms with Crippen LogP contribution in [0, 0.1) is 0 Å². The maximum Gasteiger partial charge on any atom is 0.0645 e. The van der Waals surface area contributed by atoms with E-state index in [1.807, 2.05) is 19.1 Å². The van der Waals surface area contributed by atoms with Gasteiger partial charge in [-0.15, -0.1) is 0 Å². The molecule has 0 heterocycles. The molecule has 1 rings (SSSR count). The van der Waals surface area contributed by atoms with E-state index in [2.05, 4.69) is 0 Å². The van der Waals surface area contributed by atoms with Crippen LogP contribution >= 0.6 is 0 Å². The Morgan fingerprint density at radius 3 is 2.90 bits per heavy atom. The fourth-order valence-electron chi connectivity index (χ4n) is 1.00. The van der Waals surface area contributed by atoms with Crippen LogP contribution in [-0.2, 0) is 0 Å². The van der Waals surface area contributed by atoms with Crippen LogP contribution < -0.4 is 5.73 Å². The first-order valence-electron chi connectivity index (χ1n) is 3.46. The van der Waals surface area contributed by atoms with E-state index in [0.29, 0.717) is 0 Å². The summed E-state index contributed by atoms with van der Waals surface area (Å²) >= 11 is 0. The normalized spacial score (nSPS) is 25.7. The maximum atomic E-state index is 8.74. The Bertz CT molecular complexity index is 182. The zero-order valence-corrected chi connectivity index (χ0v) is 6.17. The Morgan fingerprint density at radius 2 is 2.40 bits per heavy atom. The quantitative estimate of drug-likeness (QED) is 0.558. The molecule has 0 amide bonds. The minimum absolute atomic E-state index is 0.118. The van der Waals surface area contributed by atoms with Crippen LogP contribution in [0.1, 0.15) is 13.3 Å². The SMILES string of the molecule is CC1=CC=C(CO)CC1N. The standard InChI is InChI=1S/C8H13NO/c1-6-2-3-7(5-10)4-8(6)9/h2-3,8,10H,4-5,9H2,1H3. The second kappa shape index (κ2) is 2.99. The first-order valence-corrected chi connectivity index (χ1v) is 3.46. The molecule has 0 aromatic rings. The lowest BCUT2D eigenvalue weighted by Crippen LogP contribution is -2.24. The highest BCUT2D eigenvalue weighted by Crippen LogP contribution is 2.15. The molecule has 0 aromatic heterocycles. The van der Waals surface area contributed by atoms with Crippen molar-refractivity contribution in [2.75, 3.05) is 6.61 Å². The zero-order valence-electron chi connectivity index (χ0n) is 6.17. The smallest absolute Gasteiger partial charge is 0.0645 e. The first kappa shape index (κ1) is 7.51. The van der Waals surface area contributed by atoms with Crippen molar-refractivity contribution in [2.45, 2.75) is 19.4 Å². The summed E-state index contributed by atoms with van der Waals surface area (Å²) in [5.41, 5.74) is 7.94. The van der Waals surface area contributed by atoms with Crippen LogP contribution in [-0.4, -0.2) is 17.8 Å². The topological polar surface area (TPSA) is 46.2 Å². The van der Waals surface area contributed by atoms with Gasteiger partial charge in [0.2, 0.25) is 0 Å². The molecule has 0 saturated carbocycles. The number of allylic oxidation sites excluding steroid dienone is 2. The first-order chi connectivity index (χ1) is 4.74. The average Bonchev–Trinajstić information content (AvgIpc) is 1.95. The van der Waals surface area contributed by atoms with Gasteiger partial charge in [0.15, 0.2) is 0 Å². The van der Waals surface area contributed by atoms with Gasteiger partial charge in [-0.05, 0) is 18.9 Å².